The minimum atomic E-state index is -0.195. The summed E-state index contributed by atoms with van der Waals surface area (Å²) in [6.45, 7) is 6.89. The number of aryl methyl sites for hydroxylation is 2. The average molecular weight is 413 g/mol. The highest BCUT2D eigenvalue weighted by molar-refractivity contribution is 5.85. The maximum absolute atomic E-state index is 12.5. The van der Waals surface area contributed by atoms with Crippen LogP contribution in [-0.4, -0.2) is 34.2 Å². The van der Waals surface area contributed by atoms with Gasteiger partial charge in [-0.3, -0.25) is 4.79 Å². The maximum atomic E-state index is 12.5. The van der Waals surface area contributed by atoms with Crippen molar-refractivity contribution in [2.24, 2.45) is 11.7 Å². The summed E-state index contributed by atoms with van der Waals surface area (Å²) in [5, 5.41) is 4.85. The molecule has 29 heavy (non-hydrogen) atoms. The molecule has 0 spiro atoms. The van der Waals surface area contributed by atoms with E-state index in [4.69, 9.17) is 10.8 Å². The minimum Gasteiger partial charge on any atom is -0.341 e. The fourth-order valence-electron chi connectivity index (χ4n) is 3.18. The molecule has 6 heteroatoms. The molecule has 1 unspecified atom stereocenters. The highest BCUT2D eigenvalue weighted by atomic mass is 35.5. The molecular formula is C23H29ClN4O. The second-order valence-corrected chi connectivity index (χ2v) is 7.41. The van der Waals surface area contributed by atoms with E-state index in [1.165, 1.54) is 11.1 Å². The van der Waals surface area contributed by atoms with Crippen molar-refractivity contribution in [2.45, 2.75) is 27.3 Å². The van der Waals surface area contributed by atoms with Crippen LogP contribution in [0.15, 0.2) is 54.7 Å². The van der Waals surface area contributed by atoms with Crippen molar-refractivity contribution in [3.05, 3.63) is 71.4 Å². The van der Waals surface area contributed by atoms with E-state index in [0.717, 1.165) is 22.5 Å². The number of rotatable bonds is 6. The fraction of sp³-hybridized carbons (Fsp3) is 0.304. The average Bonchev–Trinajstić information content (AvgIpc) is 3.13. The zero-order chi connectivity index (χ0) is 20.3. The molecule has 0 aliphatic carbocycles. The Hall–Kier alpha value is -2.63. The third kappa shape index (κ3) is 5.05. The van der Waals surface area contributed by atoms with Crippen molar-refractivity contribution in [2.75, 3.05) is 13.6 Å². The quantitative estimate of drug-likeness (QED) is 0.662. The predicted octanol–water partition coefficient (Wildman–Crippen LogP) is 4.13. The standard InChI is InChI=1S/C23H28N4O.ClH/c1-16-10-11-19(12-17(16)2)22-20(14-26(4)23(28)18(3)13-24)15-27(25-22)21-8-6-5-7-9-21;/h5-12,15,18H,13-14,24H2,1-4H3;1H. The molecule has 1 atom stereocenters. The fourth-order valence-corrected chi connectivity index (χ4v) is 3.18. The van der Waals surface area contributed by atoms with Crippen molar-refractivity contribution in [3.63, 3.8) is 0 Å². The van der Waals surface area contributed by atoms with Crippen molar-refractivity contribution in [1.82, 2.24) is 14.7 Å². The van der Waals surface area contributed by atoms with Crippen LogP contribution in [0, 0.1) is 19.8 Å². The highest BCUT2D eigenvalue weighted by Crippen LogP contribution is 2.27. The number of amides is 1. The molecule has 1 heterocycles. The Morgan fingerprint density at radius 3 is 2.45 bits per heavy atom. The van der Waals surface area contributed by atoms with E-state index < -0.39 is 0 Å². The first-order chi connectivity index (χ1) is 13.4. The van der Waals surface area contributed by atoms with Crippen LogP contribution in [-0.2, 0) is 11.3 Å². The van der Waals surface area contributed by atoms with E-state index >= 15 is 0 Å². The molecule has 0 saturated heterocycles. The molecule has 2 N–H and O–H groups in total. The zero-order valence-corrected chi connectivity index (χ0v) is 18.2. The lowest BCUT2D eigenvalue weighted by Gasteiger charge is -2.20. The van der Waals surface area contributed by atoms with E-state index in [2.05, 4.69) is 32.0 Å². The molecule has 154 valence electrons. The summed E-state index contributed by atoms with van der Waals surface area (Å²) in [4.78, 5) is 14.3. The zero-order valence-electron chi connectivity index (χ0n) is 17.4. The number of hydrogen-bond donors (Lipinski definition) is 1. The van der Waals surface area contributed by atoms with E-state index in [0.29, 0.717) is 13.1 Å². The molecule has 0 radical (unpaired) electrons. The normalized spacial score (nSPS) is 11.6. The van der Waals surface area contributed by atoms with E-state index in [-0.39, 0.29) is 24.2 Å². The molecule has 1 amide bonds. The van der Waals surface area contributed by atoms with Crippen LogP contribution in [0.3, 0.4) is 0 Å². The van der Waals surface area contributed by atoms with Gasteiger partial charge in [-0.05, 0) is 43.2 Å². The first-order valence-electron chi connectivity index (χ1n) is 9.57. The van der Waals surface area contributed by atoms with Gasteiger partial charge in [0.25, 0.3) is 0 Å². The lowest BCUT2D eigenvalue weighted by molar-refractivity contribution is -0.133. The molecule has 0 saturated carbocycles. The number of nitrogens with zero attached hydrogens (tertiary/aromatic N) is 3. The first kappa shape index (κ1) is 22.7. The second-order valence-electron chi connectivity index (χ2n) is 7.41. The van der Waals surface area contributed by atoms with Gasteiger partial charge in [-0.2, -0.15) is 5.10 Å². The molecule has 0 bridgehead atoms. The Labute approximate surface area is 178 Å². The Morgan fingerprint density at radius 1 is 1.14 bits per heavy atom. The number of benzene rings is 2. The van der Waals surface area contributed by atoms with Crippen LogP contribution in [0.25, 0.3) is 16.9 Å². The Bertz CT molecular complexity index is 968. The number of aromatic nitrogens is 2. The number of halogens is 1. The third-order valence-corrected chi connectivity index (χ3v) is 5.15. The molecule has 0 fully saturated rings. The maximum Gasteiger partial charge on any atom is 0.226 e. The van der Waals surface area contributed by atoms with Crippen LogP contribution in [0.5, 0.6) is 0 Å². The summed E-state index contributed by atoms with van der Waals surface area (Å²) in [5.41, 5.74) is 12.1. The molecule has 0 aliphatic heterocycles. The van der Waals surface area contributed by atoms with Gasteiger partial charge in [0.15, 0.2) is 0 Å². The Morgan fingerprint density at radius 2 is 1.83 bits per heavy atom. The van der Waals surface area contributed by atoms with Gasteiger partial charge in [0, 0.05) is 43.4 Å². The predicted molar refractivity (Wildman–Crippen MR) is 120 cm³/mol. The van der Waals surface area contributed by atoms with Crippen molar-refractivity contribution >= 4 is 18.3 Å². The van der Waals surface area contributed by atoms with E-state index in [9.17, 15) is 4.79 Å². The van der Waals surface area contributed by atoms with Gasteiger partial charge in [0.1, 0.15) is 0 Å². The van der Waals surface area contributed by atoms with E-state index in [1.54, 1.807) is 4.90 Å². The third-order valence-electron chi connectivity index (χ3n) is 5.15. The summed E-state index contributed by atoms with van der Waals surface area (Å²) in [6, 6.07) is 16.4. The summed E-state index contributed by atoms with van der Waals surface area (Å²) in [6.07, 6.45) is 2.01. The summed E-state index contributed by atoms with van der Waals surface area (Å²) < 4.78 is 1.88. The largest absolute Gasteiger partial charge is 0.341 e. The van der Waals surface area contributed by atoms with Gasteiger partial charge in [0.2, 0.25) is 5.91 Å². The molecule has 0 aliphatic rings. The molecule has 5 nitrogen and oxygen atoms in total. The van der Waals surface area contributed by atoms with Gasteiger partial charge < -0.3 is 10.6 Å². The number of carbonyl (C=O) groups is 1. The topological polar surface area (TPSA) is 64.2 Å². The van der Waals surface area contributed by atoms with Gasteiger partial charge >= 0.3 is 0 Å². The smallest absolute Gasteiger partial charge is 0.226 e. The van der Waals surface area contributed by atoms with Crippen LogP contribution >= 0.6 is 12.4 Å². The van der Waals surface area contributed by atoms with Crippen molar-refractivity contribution in [1.29, 1.82) is 0 Å². The Balaban J connectivity index is 0.00000300. The molecule has 3 rings (SSSR count). The number of nitrogens with two attached hydrogens (primary N) is 1. The summed E-state index contributed by atoms with van der Waals surface area (Å²) in [5.74, 6) is -0.153. The number of carbonyl (C=O) groups excluding carboxylic acids is 1. The minimum absolute atomic E-state index is 0. The van der Waals surface area contributed by atoms with Crippen LogP contribution in [0.2, 0.25) is 0 Å². The number of hydrogen-bond acceptors (Lipinski definition) is 3. The van der Waals surface area contributed by atoms with Crippen molar-refractivity contribution < 1.29 is 4.79 Å². The SMILES string of the molecule is Cc1ccc(-c2nn(-c3ccccc3)cc2CN(C)C(=O)C(C)CN)cc1C.Cl. The Kier molecular flexibility index (Phi) is 7.59. The second kappa shape index (κ2) is 9.72. The van der Waals surface area contributed by atoms with Crippen LogP contribution in [0.1, 0.15) is 23.6 Å². The molecular weight excluding hydrogens is 384 g/mol. The van der Waals surface area contributed by atoms with Gasteiger partial charge in [0.05, 0.1) is 11.4 Å². The van der Waals surface area contributed by atoms with Gasteiger partial charge in [-0.25, -0.2) is 4.68 Å². The molecule has 2 aromatic carbocycles. The lowest BCUT2D eigenvalue weighted by Crippen LogP contribution is -2.34. The highest BCUT2D eigenvalue weighted by Gasteiger charge is 2.20. The van der Waals surface area contributed by atoms with Crippen molar-refractivity contribution in [3.8, 4) is 16.9 Å². The first-order valence-corrected chi connectivity index (χ1v) is 9.57. The van der Waals surface area contributed by atoms with Crippen LogP contribution < -0.4 is 5.73 Å². The summed E-state index contributed by atoms with van der Waals surface area (Å²) in [7, 11) is 1.82. The monoisotopic (exact) mass is 412 g/mol. The van der Waals surface area contributed by atoms with Crippen LogP contribution in [0.4, 0.5) is 0 Å². The number of para-hydroxylation sites is 1. The van der Waals surface area contributed by atoms with Gasteiger partial charge in [-0.15, -0.1) is 12.4 Å². The van der Waals surface area contributed by atoms with Gasteiger partial charge in [-0.1, -0.05) is 37.3 Å². The van der Waals surface area contributed by atoms with E-state index in [1.807, 2.05) is 55.2 Å². The molecule has 1 aromatic heterocycles. The summed E-state index contributed by atoms with van der Waals surface area (Å²) >= 11 is 0. The molecule has 3 aromatic rings. The lowest BCUT2D eigenvalue weighted by atomic mass is 10.0.